The standard InChI is InChI=1S/C23H19IN4/c1-14-4-9-21-22(10-14)27-23(26-21)18(13-25)12-17-11-15(2)28(16(17)3)20-7-5-19(24)6-8-20/h4-12H,1-3H3,(H,26,27). The van der Waals surface area contributed by atoms with Crippen LogP contribution >= 0.6 is 22.6 Å². The van der Waals surface area contributed by atoms with Crippen LogP contribution in [0, 0.1) is 35.7 Å². The number of halogens is 1. The van der Waals surface area contributed by atoms with Gasteiger partial charge in [0.2, 0.25) is 0 Å². The number of nitrogens with zero attached hydrogens (tertiary/aromatic N) is 3. The van der Waals surface area contributed by atoms with E-state index in [4.69, 9.17) is 0 Å². The van der Waals surface area contributed by atoms with Crippen molar-refractivity contribution in [2.24, 2.45) is 0 Å². The number of rotatable bonds is 3. The summed E-state index contributed by atoms with van der Waals surface area (Å²) in [5, 5.41) is 9.75. The Morgan fingerprint density at radius 1 is 1.11 bits per heavy atom. The minimum Gasteiger partial charge on any atom is -0.337 e. The quantitative estimate of drug-likeness (QED) is 0.292. The van der Waals surface area contributed by atoms with Crippen molar-refractivity contribution in [3.63, 3.8) is 0 Å². The number of H-pyrrole nitrogens is 1. The molecule has 0 spiro atoms. The Kier molecular flexibility index (Phi) is 4.82. The molecule has 0 amide bonds. The van der Waals surface area contributed by atoms with Gasteiger partial charge in [-0.1, -0.05) is 6.07 Å². The lowest BCUT2D eigenvalue weighted by atomic mass is 10.1. The number of imidazole rings is 1. The second kappa shape index (κ2) is 7.28. The van der Waals surface area contributed by atoms with Crippen molar-refractivity contribution >= 4 is 45.3 Å². The van der Waals surface area contributed by atoms with E-state index in [0.717, 1.165) is 39.2 Å². The van der Waals surface area contributed by atoms with Crippen molar-refractivity contribution in [3.8, 4) is 11.8 Å². The molecule has 0 saturated carbocycles. The summed E-state index contributed by atoms with van der Waals surface area (Å²) in [4.78, 5) is 7.87. The number of hydrogen-bond acceptors (Lipinski definition) is 2. The molecule has 2 heterocycles. The molecule has 0 radical (unpaired) electrons. The van der Waals surface area contributed by atoms with Crippen molar-refractivity contribution in [1.29, 1.82) is 5.26 Å². The second-order valence-electron chi connectivity index (χ2n) is 6.91. The molecule has 0 atom stereocenters. The first kappa shape index (κ1) is 18.5. The fourth-order valence-electron chi connectivity index (χ4n) is 3.48. The predicted molar refractivity (Wildman–Crippen MR) is 122 cm³/mol. The third-order valence-electron chi connectivity index (χ3n) is 4.87. The number of fused-ring (bicyclic) bond motifs is 1. The summed E-state index contributed by atoms with van der Waals surface area (Å²) in [6.07, 6.45) is 1.91. The number of benzene rings is 2. The number of nitriles is 1. The molecule has 0 aliphatic heterocycles. The van der Waals surface area contributed by atoms with Gasteiger partial charge in [-0.15, -0.1) is 0 Å². The van der Waals surface area contributed by atoms with Gasteiger partial charge in [-0.25, -0.2) is 4.98 Å². The largest absolute Gasteiger partial charge is 0.337 e. The van der Waals surface area contributed by atoms with Crippen molar-refractivity contribution < 1.29 is 0 Å². The lowest BCUT2D eigenvalue weighted by Gasteiger charge is -2.09. The molecule has 0 saturated heterocycles. The van der Waals surface area contributed by atoms with Gasteiger partial charge in [-0.3, -0.25) is 0 Å². The number of aromatic nitrogens is 3. The first-order valence-corrected chi connectivity index (χ1v) is 10.1. The van der Waals surface area contributed by atoms with Crippen LogP contribution in [-0.2, 0) is 0 Å². The summed E-state index contributed by atoms with van der Waals surface area (Å²) in [5.41, 5.74) is 7.85. The molecule has 0 bridgehead atoms. The van der Waals surface area contributed by atoms with Gasteiger partial charge in [0.1, 0.15) is 11.9 Å². The topological polar surface area (TPSA) is 57.4 Å². The smallest absolute Gasteiger partial charge is 0.149 e. The molecular formula is C23H19IN4. The van der Waals surface area contributed by atoms with E-state index in [1.54, 1.807) is 0 Å². The highest BCUT2D eigenvalue weighted by Gasteiger charge is 2.13. The Labute approximate surface area is 177 Å². The number of aryl methyl sites for hydroxylation is 2. The Morgan fingerprint density at radius 3 is 2.57 bits per heavy atom. The first-order valence-electron chi connectivity index (χ1n) is 8.99. The fraction of sp³-hybridized carbons (Fsp3) is 0.130. The van der Waals surface area contributed by atoms with E-state index in [2.05, 4.69) is 87.4 Å². The van der Waals surface area contributed by atoms with Crippen LogP contribution in [0.4, 0.5) is 0 Å². The molecule has 2 aromatic heterocycles. The number of allylic oxidation sites excluding steroid dienone is 1. The summed E-state index contributed by atoms with van der Waals surface area (Å²) in [5.74, 6) is 0.599. The molecule has 0 aliphatic carbocycles. The van der Waals surface area contributed by atoms with Gasteiger partial charge in [-0.05, 0) is 103 Å². The molecule has 1 N–H and O–H groups in total. The van der Waals surface area contributed by atoms with Crippen molar-refractivity contribution in [2.75, 3.05) is 0 Å². The molecule has 138 valence electrons. The summed E-state index contributed by atoms with van der Waals surface area (Å²) in [6.45, 7) is 6.20. The zero-order chi connectivity index (χ0) is 19.8. The van der Waals surface area contributed by atoms with Crippen LogP contribution in [-0.4, -0.2) is 14.5 Å². The van der Waals surface area contributed by atoms with Crippen LogP contribution in [0.15, 0.2) is 48.5 Å². The van der Waals surface area contributed by atoms with Crippen LogP contribution in [0.1, 0.15) is 28.3 Å². The predicted octanol–water partition coefficient (Wildman–Crippen LogP) is 5.95. The van der Waals surface area contributed by atoms with Crippen molar-refractivity contribution in [3.05, 3.63) is 80.4 Å². The second-order valence-corrected chi connectivity index (χ2v) is 8.16. The Bertz CT molecular complexity index is 1250. The van der Waals surface area contributed by atoms with E-state index >= 15 is 0 Å². The normalized spacial score (nSPS) is 11.8. The molecule has 4 nitrogen and oxygen atoms in total. The third kappa shape index (κ3) is 3.36. The summed E-state index contributed by atoms with van der Waals surface area (Å²) in [7, 11) is 0. The highest BCUT2D eigenvalue weighted by atomic mass is 127. The minimum absolute atomic E-state index is 0.525. The zero-order valence-corrected chi connectivity index (χ0v) is 18.1. The zero-order valence-electron chi connectivity index (χ0n) is 15.9. The summed E-state index contributed by atoms with van der Waals surface area (Å²) in [6, 6.07) is 18.9. The average Bonchev–Trinajstić information content (AvgIpc) is 3.20. The fourth-order valence-corrected chi connectivity index (χ4v) is 3.84. The molecule has 0 unspecified atom stereocenters. The van der Waals surface area contributed by atoms with Gasteiger partial charge in [-0.2, -0.15) is 5.26 Å². The Balaban J connectivity index is 1.79. The van der Waals surface area contributed by atoms with E-state index in [1.165, 1.54) is 3.57 Å². The van der Waals surface area contributed by atoms with Gasteiger partial charge in [0.25, 0.3) is 0 Å². The van der Waals surface area contributed by atoms with Crippen LogP contribution < -0.4 is 0 Å². The van der Waals surface area contributed by atoms with Gasteiger partial charge >= 0.3 is 0 Å². The Hall–Kier alpha value is -2.85. The molecule has 5 heteroatoms. The van der Waals surface area contributed by atoms with E-state index in [-0.39, 0.29) is 0 Å². The first-order chi connectivity index (χ1) is 13.5. The molecule has 0 aliphatic rings. The minimum atomic E-state index is 0.525. The van der Waals surface area contributed by atoms with Crippen LogP contribution in [0.25, 0.3) is 28.4 Å². The van der Waals surface area contributed by atoms with Crippen molar-refractivity contribution in [1.82, 2.24) is 14.5 Å². The molecule has 28 heavy (non-hydrogen) atoms. The summed E-state index contributed by atoms with van der Waals surface area (Å²) >= 11 is 2.31. The van der Waals surface area contributed by atoms with E-state index in [1.807, 2.05) is 31.2 Å². The number of nitrogens with one attached hydrogen (secondary N) is 1. The lowest BCUT2D eigenvalue weighted by Crippen LogP contribution is -1.99. The lowest BCUT2D eigenvalue weighted by molar-refractivity contribution is 0.964. The molecule has 2 aromatic carbocycles. The monoisotopic (exact) mass is 478 g/mol. The highest BCUT2D eigenvalue weighted by Crippen LogP contribution is 2.26. The highest BCUT2D eigenvalue weighted by molar-refractivity contribution is 14.1. The summed E-state index contributed by atoms with van der Waals surface area (Å²) < 4.78 is 3.41. The van der Waals surface area contributed by atoms with Crippen LogP contribution in [0.2, 0.25) is 0 Å². The van der Waals surface area contributed by atoms with Crippen LogP contribution in [0.3, 0.4) is 0 Å². The maximum absolute atomic E-state index is 9.75. The van der Waals surface area contributed by atoms with E-state index < -0.39 is 0 Å². The van der Waals surface area contributed by atoms with Crippen LogP contribution in [0.5, 0.6) is 0 Å². The molecule has 0 fully saturated rings. The molecule has 4 aromatic rings. The average molecular weight is 478 g/mol. The maximum Gasteiger partial charge on any atom is 0.149 e. The van der Waals surface area contributed by atoms with Crippen molar-refractivity contribution in [2.45, 2.75) is 20.8 Å². The molecule has 4 rings (SSSR count). The third-order valence-corrected chi connectivity index (χ3v) is 5.59. The van der Waals surface area contributed by atoms with Gasteiger partial charge in [0, 0.05) is 20.6 Å². The molecular weight excluding hydrogens is 459 g/mol. The van der Waals surface area contributed by atoms with Gasteiger partial charge in [0.15, 0.2) is 0 Å². The SMILES string of the molecule is Cc1ccc2nc(C(C#N)=Cc3cc(C)n(-c4ccc(I)cc4)c3C)[nH]c2c1. The number of hydrogen-bond donors (Lipinski definition) is 1. The van der Waals surface area contributed by atoms with E-state index in [9.17, 15) is 5.26 Å². The van der Waals surface area contributed by atoms with Gasteiger partial charge in [0.05, 0.1) is 16.6 Å². The van der Waals surface area contributed by atoms with E-state index in [0.29, 0.717) is 11.4 Å². The van der Waals surface area contributed by atoms with Gasteiger partial charge < -0.3 is 9.55 Å². The Morgan fingerprint density at radius 2 is 1.86 bits per heavy atom. The number of aromatic amines is 1. The maximum atomic E-state index is 9.75.